The molecule has 3 rings (SSSR count). The van der Waals surface area contributed by atoms with Crippen LogP contribution in [0.2, 0.25) is 0 Å². The summed E-state index contributed by atoms with van der Waals surface area (Å²) >= 11 is 3.14. The number of azo groups is 2. The molecule has 0 aliphatic carbocycles. The summed E-state index contributed by atoms with van der Waals surface area (Å²) in [5, 5.41) is 19.3. The van der Waals surface area contributed by atoms with Crippen LogP contribution in [0.4, 0.5) is 17.1 Å². The van der Waals surface area contributed by atoms with Crippen LogP contribution < -0.4 is 4.90 Å². The maximum atomic E-state index is 4.59. The predicted molar refractivity (Wildman–Crippen MR) is 181 cm³/mol. The lowest BCUT2D eigenvalue weighted by Crippen LogP contribution is -2.21. The summed E-state index contributed by atoms with van der Waals surface area (Å²) in [6.07, 6.45) is 17.0. The summed E-state index contributed by atoms with van der Waals surface area (Å²) in [6, 6.07) is 16.7. The van der Waals surface area contributed by atoms with E-state index >= 15 is 0 Å². The molecule has 0 radical (unpaired) electrons. The van der Waals surface area contributed by atoms with Gasteiger partial charge in [-0.15, -0.1) is 15.3 Å². The molecule has 0 saturated heterocycles. The molecule has 1 heterocycles. The van der Waals surface area contributed by atoms with E-state index in [0.717, 1.165) is 41.7 Å². The minimum Gasteiger partial charge on any atom is -0.372 e. The number of unbranched alkanes of at least 4 members (excludes halogenated alkanes) is 9. The summed E-state index contributed by atoms with van der Waals surface area (Å²) in [5.41, 5.74) is 4.31. The van der Waals surface area contributed by atoms with E-state index in [0.29, 0.717) is 11.0 Å². The fourth-order valence-electron chi connectivity index (χ4n) is 4.65. The van der Waals surface area contributed by atoms with Crippen LogP contribution in [0.5, 0.6) is 0 Å². The number of rotatable bonds is 17. The average molecular weight is 593 g/mol. The molecule has 0 amide bonds. The number of hydrogen-bond acceptors (Lipinski definition) is 8. The van der Waals surface area contributed by atoms with Crippen LogP contribution in [-0.4, -0.2) is 29.9 Å². The molecular formula is C33H48N6S2. The van der Waals surface area contributed by atoms with Gasteiger partial charge >= 0.3 is 0 Å². The second-order valence-electron chi connectivity index (χ2n) is 10.3. The summed E-state index contributed by atoms with van der Waals surface area (Å²) in [4.78, 5) is 6.89. The Kier molecular flexibility index (Phi) is 16.5. The molecule has 1 aliphatic rings. The molecule has 6 nitrogen and oxygen atoms in total. The highest BCUT2D eigenvalue weighted by Gasteiger charge is 2.06. The Morgan fingerprint density at radius 1 is 0.659 bits per heavy atom. The first-order valence-corrected chi connectivity index (χ1v) is 17.5. The molecular weight excluding hydrogens is 545 g/mol. The molecule has 41 heavy (non-hydrogen) atoms. The van der Waals surface area contributed by atoms with E-state index in [9.17, 15) is 0 Å². The highest BCUT2D eigenvalue weighted by Crippen LogP contribution is 2.26. The molecule has 0 atom stereocenters. The van der Waals surface area contributed by atoms with Crippen LogP contribution in [-0.2, 0) is 6.42 Å². The van der Waals surface area contributed by atoms with Crippen molar-refractivity contribution in [1.29, 1.82) is 0 Å². The Morgan fingerprint density at radius 2 is 1.24 bits per heavy atom. The Bertz CT molecular complexity index is 1110. The van der Waals surface area contributed by atoms with Crippen LogP contribution in [0, 0.1) is 0 Å². The van der Waals surface area contributed by atoms with Crippen LogP contribution in [0.15, 0.2) is 85.1 Å². The molecule has 0 bridgehead atoms. The van der Waals surface area contributed by atoms with Crippen molar-refractivity contribution in [2.75, 3.05) is 29.6 Å². The van der Waals surface area contributed by atoms with Crippen molar-refractivity contribution in [2.45, 2.75) is 91.4 Å². The van der Waals surface area contributed by atoms with Crippen molar-refractivity contribution in [3.63, 3.8) is 0 Å². The smallest absolute Gasteiger partial charge is 0.205 e. The number of aryl methyl sites for hydroxylation is 1. The third-order valence-electron chi connectivity index (χ3n) is 7.13. The first-order chi connectivity index (χ1) is 20.2. The SMILES string of the molecule is CCCCCCCCCCCCc1ccc(N=N/C2=C/CS/C(N=Nc3ccc(N(CC)CC)cc3)=N\CS2)cc1. The number of thioether (sulfide) groups is 2. The van der Waals surface area contributed by atoms with Crippen molar-refractivity contribution >= 4 is 45.8 Å². The first-order valence-electron chi connectivity index (χ1n) is 15.5. The zero-order chi connectivity index (χ0) is 29.0. The average Bonchev–Trinajstić information content (AvgIpc) is 2.99. The molecule has 0 unspecified atom stereocenters. The van der Waals surface area contributed by atoms with E-state index in [4.69, 9.17) is 0 Å². The molecule has 2 aromatic carbocycles. The van der Waals surface area contributed by atoms with E-state index in [2.05, 4.69) is 93.6 Å². The number of hydrogen-bond donors (Lipinski definition) is 0. The van der Waals surface area contributed by atoms with Crippen molar-refractivity contribution in [3.05, 3.63) is 65.2 Å². The van der Waals surface area contributed by atoms with Gasteiger partial charge in [0.1, 0.15) is 5.03 Å². The number of aliphatic imine (C=N–C) groups is 1. The standard InChI is InChI=1S/C33H48N6S2/c1-4-7-8-9-10-11-12-13-14-15-16-28-17-19-29(20-18-28)35-37-32-25-26-40-33(34-27-41-32)38-36-30-21-23-31(24-22-30)39(5-2)6-3/h17-25H,4-16,26-27H2,1-3H3/b32-25-,34-33-,37-35?,38-36?. The van der Waals surface area contributed by atoms with Gasteiger partial charge in [-0.05, 0) is 74.7 Å². The molecule has 0 aromatic heterocycles. The van der Waals surface area contributed by atoms with Gasteiger partial charge in [-0.2, -0.15) is 5.11 Å². The molecule has 2 aromatic rings. The highest BCUT2D eigenvalue weighted by molar-refractivity contribution is 8.14. The van der Waals surface area contributed by atoms with Gasteiger partial charge in [0.15, 0.2) is 0 Å². The normalized spacial score (nSPS) is 16.8. The number of amidine groups is 1. The maximum Gasteiger partial charge on any atom is 0.205 e. The number of benzene rings is 2. The summed E-state index contributed by atoms with van der Waals surface area (Å²) in [7, 11) is 0. The van der Waals surface area contributed by atoms with Crippen LogP contribution in [0.1, 0.15) is 90.5 Å². The maximum absolute atomic E-state index is 4.59. The Balaban J connectivity index is 1.35. The van der Waals surface area contributed by atoms with Crippen molar-refractivity contribution in [1.82, 2.24) is 0 Å². The van der Waals surface area contributed by atoms with Crippen LogP contribution in [0.25, 0.3) is 0 Å². The second-order valence-corrected chi connectivity index (χ2v) is 12.2. The fourth-order valence-corrected chi connectivity index (χ4v) is 6.10. The molecule has 8 heteroatoms. The van der Waals surface area contributed by atoms with Crippen LogP contribution in [0.3, 0.4) is 0 Å². The zero-order valence-electron chi connectivity index (χ0n) is 25.3. The lowest BCUT2D eigenvalue weighted by molar-refractivity contribution is 0.556. The van der Waals surface area contributed by atoms with E-state index < -0.39 is 0 Å². The molecule has 0 N–H and O–H groups in total. The minimum atomic E-state index is 0.547. The molecule has 0 fully saturated rings. The van der Waals surface area contributed by atoms with E-state index in [1.807, 2.05) is 12.1 Å². The summed E-state index contributed by atoms with van der Waals surface area (Å²) in [5.74, 6) is 1.28. The van der Waals surface area contributed by atoms with E-state index in [1.165, 1.54) is 75.5 Å². The largest absolute Gasteiger partial charge is 0.372 e. The van der Waals surface area contributed by atoms with Gasteiger partial charge in [-0.25, -0.2) is 4.99 Å². The fraction of sp³-hybridized carbons (Fsp3) is 0.545. The topological polar surface area (TPSA) is 65.0 Å². The molecule has 0 saturated carbocycles. The van der Waals surface area contributed by atoms with Gasteiger partial charge in [-0.1, -0.05) is 100 Å². The molecule has 0 spiro atoms. The van der Waals surface area contributed by atoms with Gasteiger partial charge in [0.05, 0.1) is 17.3 Å². The Labute approximate surface area is 256 Å². The highest BCUT2D eigenvalue weighted by atomic mass is 32.2. The van der Waals surface area contributed by atoms with Gasteiger partial charge in [0, 0.05) is 24.5 Å². The first kappa shape index (κ1) is 33.1. The summed E-state index contributed by atoms with van der Waals surface area (Å²) < 4.78 is 0. The Morgan fingerprint density at radius 3 is 1.88 bits per heavy atom. The van der Waals surface area contributed by atoms with Crippen molar-refractivity contribution < 1.29 is 0 Å². The number of nitrogens with zero attached hydrogens (tertiary/aromatic N) is 6. The quantitative estimate of drug-likeness (QED) is 0.135. The lowest BCUT2D eigenvalue weighted by atomic mass is 10.0. The van der Waals surface area contributed by atoms with Gasteiger partial charge < -0.3 is 4.90 Å². The third kappa shape index (κ3) is 13.4. The minimum absolute atomic E-state index is 0.547. The molecule has 222 valence electrons. The van der Waals surface area contributed by atoms with Crippen molar-refractivity contribution in [2.24, 2.45) is 25.4 Å². The van der Waals surface area contributed by atoms with E-state index in [1.54, 1.807) is 23.5 Å². The van der Waals surface area contributed by atoms with E-state index in [-0.39, 0.29) is 0 Å². The van der Waals surface area contributed by atoms with Gasteiger partial charge in [-0.3, -0.25) is 0 Å². The second kappa shape index (κ2) is 20.4. The molecule has 1 aliphatic heterocycles. The van der Waals surface area contributed by atoms with Gasteiger partial charge in [0.2, 0.25) is 5.17 Å². The zero-order valence-corrected chi connectivity index (χ0v) is 26.9. The predicted octanol–water partition coefficient (Wildman–Crippen LogP) is 11.5. The summed E-state index contributed by atoms with van der Waals surface area (Å²) in [6.45, 7) is 8.59. The Hall–Kier alpha value is -2.45. The van der Waals surface area contributed by atoms with Crippen molar-refractivity contribution in [3.8, 4) is 0 Å². The van der Waals surface area contributed by atoms with Crippen LogP contribution >= 0.6 is 23.5 Å². The lowest BCUT2D eigenvalue weighted by Gasteiger charge is -2.20. The monoisotopic (exact) mass is 592 g/mol. The van der Waals surface area contributed by atoms with Gasteiger partial charge in [0.25, 0.3) is 0 Å². The third-order valence-corrected chi connectivity index (χ3v) is 8.74. The number of anilines is 1.